The van der Waals surface area contributed by atoms with Crippen molar-refractivity contribution < 1.29 is 33.1 Å². The number of likely N-dealkylation sites (tertiary alicyclic amines) is 1. The van der Waals surface area contributed by atoms with E-state index in [-0.39, 0.29) is 25.0 Å². The number of carbonyl (C=O) groups is 3. The highest BCUT2D eigenvalue weighted by atomic mass is 31.2. The van der Waals surface area contributed by atoms with Crippen LogP contribution >= 0.6 is 7.60 Å². The molecule has 3 aliphatic rings. The van der Waals surface area contributed by atoms with Gasteiger partial charge in [-0.25, -0.2) is 4.79 Å². The van der Waals surface area contributed by atoms with Gasteiger partial charge in [-0.3, -0.25) is 14.2 Å². The average molecular weight is 514 g/mol. The first kappa shape index (κ1) is 27.7. The standard InChI is InChI=1S/C24H40N3O7P/c1-6-16-15-24(16,35(31,32)33-7-2)26-20(28)18-13-10-14-27(18)21(29)19(23(3,4)5)25-22(30)34-17-11-8-9-12-17/h6,16-19H,1,7-15H2,2-5H3,(H,25,30)(H,26,28)(H,31,32)/t16-,18+,19-,24+/m1/s1. The summed E-state index contributed by atoms with van der Waals surface area (Å²) in [5, 5.41) is 4.04. The average Bonchev–Trinajstić information content (AvgIpc) is 3.11. The molecule has 10 nitrogen and oxygen atoms in total. The molecule has 0 aromatic carbocycles. The molecule has 3 N–H and O–H groups in total. The molecule has 0 aromatic heterocycles. The third-order valence-electron chi connectivity index (χ3n) is 7.21. The molecular formula is C24H40N3O7P. The zero-order valence-corrected chi connectivity index (χ0v) is 22.1. The first-order chi connectivity index (χ1) is 16.4. The second kappa shape index (κ2) is 10.6. The second-order valence-corrected chi connectivity index (χ2v) is 12.9. The van der Waals surface area contributed by atoms with Gasteiger partial charge >= 0.3 is 13.7 Å². The van der Waals surface area contributed by atoms with Gasteiger partial charge in [0.25, 0.3) is 0 Å². The highest BCUT2D eigenvalue weighted by molar-refractivity contribution is 7.55. The molecule has 0 bridgehead atoms. The number of hydrogen-bond acceptors (Lipinski definition) is 6. The van der Waals surface area contributed by atoms with E-state index >= 15 is 0 Å². The van der Waals surface area contributed by atoms with E-state index in [1.54, 1.807) is 6.92 Å². The van der Waals surface area contributed by atoms with Crippen molar-refractivity contribution in [3.63, 3.8) is 0 Å². The maximum atomic E-state index is 13.6. The fourth-order valence-corrected chi connectivity index (χ4v) is 6.89. The van der Waals surface area contributed by atoms with Crippen LogP contribution in [-0.4, -0.2) is 64.3 Å². The molecule has 35 heavy (non-hydrogen) atoms. The van der Waals surface area contributed by atoms with E-state index in [2.05, 4.69) is 17.2 Å². The quantitative estimate of drug-likeness (QED) is 0.318. The Hall–Kier alpha value is -1.90. The van der Waals surface area contributed by atoms with Crippen LogP contribution in [0.1, 0.15) is 72.6 Å². The highest BCUT2D eigenvalue weighted by Crippen LogP contribution is 2.70. The highest BCUT2D eigenvalue weighted by Gasteiger charge is 2.67. The molecule has 5 atom stereocenters. The van der Waals surface area contributed by atoms with Crippen molar-refractivity contribution in [2.75, 3.05) is 13.2 Å². The van der Waals surface area contributed by atoms with Crippen LogP contribution < -0.4 is 10.6 Å². The molecule has 0 radical (unpaired) electrons. The third kappa shape index (κ3) is 5.92. The van der Waals surface area contributed by atoms with Gasteiger partial charge < -0.3 is 29.7 Å². The van der Waals surface area contributed by atoms with E-state index in [1.807, 2.05) is 20.8 Å². The molecule has 11 heteroatoms. The van der Waals surface area contributed by atoms with Crippen LogP contribution in [0.3, 0.4) is 0 Å². The van der Waals surface area contributed by atoms with Crippen molar-refractivity contribution in [3.8, 4) is 0 Å². The van der Waals surface area contributed by atoms with Crippen LogP contribution in [0.25, 0.3) is 0 Å². The van der Waals surface area contributed by atoms with Crippen LogP contribution in [-0.2, 0) is 23.4 Å². The van der Waals surface area contributed by atoms with Gasteiger partial charge in [-0.2, -0.15) is 0 Å². The molecule has 3 rings (SSSR count). The number of hydrogen-bond donors (Lipinski definition) is 3. The normalized spacial score (nSPS) is 29.2. The van der Waals surface area contributed by atoms with Gasteiger partial charge in [0.05, 0.1) is 6.61 Å². The Morgan fingerprint density at radius 2 is 1.89 bits per heavy atom. The number of alkyl carbamates (subject to hydrolysis) is 1. The van der Waals surface area contributed by atoms with Gasteiger partial charge in [0.15, 0.2) is 0 Å². The fourth-order valence-electron chi connectivity index (χ4n) is 5.11. The number of nitrogens with one attached hydrogen (secondary N) is 2. The van der Waals surface area contributed by atoms with Gasteiger partial charge in [-0.15, -0.1) is 6.58 Å². The van der Waals surface area contributed by atoms with Crippen molar-refractivity contribution in [3.05, 3.63) is 12.7 Å². The largest absolute Gasteiger partial charge is 0.446 e. The third-order valence-corrected chi connectivity index (χ3v) is 9.45. The number of carbonyl (C=O) groups excluding carboxylic acids is 3. The molecule has 0 aromatic rings. The molecule has 198 valence electrons. The second-order valence-electron chi connectivity index (χ2n) is 10.8. The summed E-state index contributed by atoms with van der Waals surface area (Å²) < 4.78 is 23.5. The van der Waals surface area contributed by atoms with Gasteiger partial charge in [-0.1, -0.05) is 26.8 Å². The number of rotatable bonds is 9. The molecule has 0 spiro atoms. The van der Waals surface area contributed by atoms with E-state index < -0.39 is 48.3 Å². The Kier molecular flexibility index (Phi) is 8.39. The monoisotopic (exact) mass is 513 g/mol. The maximum Gasteiger partial charge on any atom is 0.408 e. The van der Waals surface area contributed by atoms with Crippen molar-refractivity contribution in [2.24, 2.45) is 11.3 Å². The summed E-state index contributed by atoms with van der Waals surface area (Å²) in [4.78, 5) is 51.5. The van der Waals surface area contributed by atoms with Crippen LogP contribution in [0.2, 0.25) is 0 Å². The Morgan fingerprint density at radius 1 is 1.23 bits per heavy atom. The Balaban J connectivity index is 1.73. The number of nitrogens with zero attached hydrogens (tertiary/aromatic N) is 1. The van der Waals surface area contributed by atoms with Crippen molar-refractivity contribution in [2.45, 2.75) is 96.1 Å². The SMILES string of the molecule is C=C[C@@H]1C[C@]1(NC(=O)[C@@H]1CCCN1C(=O)[C@@H](NC(=O)OC1CCCC1)C(C)(C)C)P(=O)(O)OCC. The fraction of sp³-hybridized carbons (Fsp3) is 0.792. The summed E-state index contributed by atoms with van der Waals surface area (Å²) in [6.07, 6.45) is 5.71. The van der Waals surface area contributed by atoms with Crippen LogP contribution in [0.5, 0.6) is 0 Å². The van der Waals surface area contributed by atoms with Crippen LogP contribution in [0, 0.1) is 11.3 Å². The Morgan fingerprint density at radius 3 is 2.43 bits per heavy atom. The van der Waals surface area contributed by atoms with E-state index in [4.69, 9.17) is 9.26 Å². The molecule has 1 unspecified atom stereocenters. The smallest absolute Gasteiger partial charge is 0.408 e. The van der Waals surface area contributed by atoms with E-state index in [9.17, 15) is 23.8 Å². The predicted octanol–water partition coefficient (Wildman–Crippen LogP) is 3.30. The maximum absolute atomic E-state index is 13.6. The van der Waals surface area contributed by atoms with Gasteiger partial charge in [0.2, 0.25) is 11.8 Å². The summed E-state index contributed by atoms with van der Waals surface area (Å²) >= 11 is 0. The summed E-state index contributed by atoms with van der Waals surface area (Å²) in [5.74, 6) is -1.27. The lowest BCUT2D eigenvalue weighted by Crippen LogP contribution is -2.58. The molecular weight excluding hydrogens is 473 g/mol. The first-order valence-electron chi connectivity index (χ1n) is 12.6. The molecule has 3 fully saturated rings. The Labute approximate surface area is 207 Å². The lowest BCUT2D eigenvalue weighted by molar-refractivity contribution is -0.142. The summed E-state index contributed by atoms with van der Waals surface area (Å²) in [7, 11) is -4.15. The molecule has 3 amide bonds. The first-order valence-corrected chi connectivity index (χ1v) is 14.1. The van der Waals surface area contributed by atoms with Crippen molar-refractivity contribution in [1.29, 1.82) is 0 Å². The van der Waals surface area contributed by atoms with Gasteiger partial charge in [0.1, 0.15) is 23.5 Å². The van der Waals surface area contributed by atoms with Crippen molar-refractivity contribution in [1.82, 2.24) is 15.5 Å². The lowest BCUT2D eigenvalue weighted by atomic mass is 9.85. The van der Waals surface area contributed by atoms with Crippen molar-refractivity contribution >= 4 is 25.5 Å². The predicted molar refractivity (Wildman–Crippen MR) is 130 cm³/mol. The topological polar surface area (TPSA) is 134 Å². The Bertz CT molecular complexity index is 883. The van der Waals surface area contributed by atoms with Gasteiger partial charge in [-0.05, 0) is 57.3 Å². The molecule has 1 aliphatic heterocycles. The van der Waals surface area contributed by atoms with E-state index in [1.165, 1.54) is 11.0 Å². The van der Waals surface area contributed by atoms with Crippen LogP contribution in [0.4, 0.5) is 4.79 Å². The number of ether oxygens (including phenoxy) is 1. The minimum atomic E-state index is -4.15. The summed E-state index contributed by atoms with van der Waals surface area (Å²) in [6, 6.07) is -1.71. The lowest BCUT2D eigenvalue weighted by Gasteiger charge is -2.36. The van der Waals surface area contributed by atoms with E-state index in [0.29, 0.717) is 19.4 Å². The molecule has 1 saturated heterocycles. The molecule has 1 heterocycles. The summed E-state index contributed by atoms with van der Waals surface area (Å²) in [6.45, 7) is 11.2. The zero-order chi connectivity index (χ0) is 26.0. The van der Waals surface area contributed by atoms with Gasteiger partial charge in [0, 0.05) is 12.5 Å². The van der Waals surface area contributed by atoms with Crippen LogP contribution in [0.15, 0.2) is 12.7 Å². The minimum absolute atomic E-state index is 0.0270. The zero-order valence-electron chi connectivity index (χ0n) is 21.2. The molecule has 2 aliphatic carbocycles. The summed E-state index contributed by atoms with van der Waals surface area (Å²) in [5.41, 5.74) is -0.628. The number of amides is 3. The minimum Gasteiger partial charge on any atom is -0.446 e. The molecule has 2 saturated carbocycles. The van der Waals surface area contributed by atoms with E-state index in [0.717, 1.165) is 25.7 Å².